The summed E-state index contributed by atoms with van der Waals surface area (Å²) >= 11 is 1.86. The molecule has 0 amide bonds. The first-order valence-electron chi connectivity index (χ1n) is 11.5. The van der Waals surface area contributed by atoms with Crippen LogP contribution in [0.25, 0.3) is 16.6 Å². The SMILES string of the molecule is O=c1[nH]c2ccccc2n1CCCN1CCC(=C2c3sccc3CCn3ccnc32)CC1. The molecule has 4 aromatic rings. The summed E-state index contributed by atoms with van der Waals surface area (Å²) in [4.78, 5) is 24.0. The Morgan fingerprint density at radius 1 is 1.03 bits per heavy atom. The minimum absolute atomic E-state index is 0.00696. The van der Waals surface area contributed by atoms with Crippen LogP contribution in [0.2, 0.25) is 0 Å². The molecule has 1 aromatic carbocycles. The monoisotopic (exact) mass is 445 g/mol. The van der Waals surface area contributed by atoms with Crippen molar-refractivity contribution in [2.75, 3.05) is 19.6 Å². The molecule has 0 radical (unpaired) electrons. The average Bonchev–Trinajstić information content (AvgIpc) is 3.52. The summed E-state index contributed by atoms with van der Waals surface area (Å²) in [5, 5.41) is 2.23. The number of para-hydroxylation sites is 2. The first-order valence-corrected chi connectivity index (χ1v) is 12.4. The Morgan fingerprint density at radius 3 is 2.81 bits per heavy atom. The van der Waals surface area contributed by atoms with Crippen LogP contribution >= 0.6 is 11.3 Å². The van der Waals surface area contributed by atoms with Crippen molar-refractivity contribution in [2.45, 2.75) is 38.8 Å². The Kier molecular flexibility index (Phi) is 5.08. The summed E-state index contributed by atoms with van der Waals surface area (Å²) < 4.78 is 4.19. The maximum Gasteiger partial charge on any atom is 0.326 e. The van der Waals surface area contributed by atoms with Gasteiger partial charge in [0.1, 0.15) is 5.82 Å². The van der Waals surface area contributed by atoms with E-state index in [1.165, 1.54) is 16.0 Å². The van der Waals surface area contributed by atoms with E-state index in [9.17, 15) is 4.79 Å². The summed E-state index contributed by atoms with van der Waals surface area (Å²) in [6, 6.07) is 10.2. The number of thiophene rings is 1. The second-order valence-electron chi connectivity index (χ2n) is 8.74. The van der Waals surface area contributed by atoms with Gasteiger partial charge < -0.3 is 14.5 Å². The molecule has 2 aliphatic rings. The number of hydrogen-bond acceptors (Lipinski definition) is 4. The number of imidazole rings is 2. The smallest absolute Gasteiger partial charge is 0.326 e. The summed E-state index contributed by atoms with van der Waals surface area (Å²) in [6.07, 6.45) is 8.30. The van der Waals surface area contributed by atoms with Gasteiger partial charge in [0.25, 0.3) is 0 Å². The van der Waals surface area contributed by atoms with Crippen molar-refractivity contribution < 1.29 is 0 Å². The van der Waals surface area contributed by atoms with E-state index in [0.29, 0.717) is 0 Å². The zero-order valence-corrected chi connectivity index (χ0v) is 18.9. The minimum atomic E-state index is -0.00696. The molecular formula is C25H27N5OS. The number of aryl methyl sites for hydroxylation is 3. The summed E-state index contributed by atoms with van der Waals surface area (Å²) in [5.41, 5.74) is 6.32. The number of aromatic nitrogens is 4. The molecule has 2 aliphatic heterocycles. The second-order valence-corrected chi connectivity index (χ2v) is 9.66. The lowest BCUT2D eigenvalue weighted by Gasteiger charge is -2.29. The molecule has 32 heavy (non-hydrogen) atoms. The van der Waals surface area contributed by atoms with Gasteiger partial charge in [0.05, 0.1) is 11.0 Å². The number of nitrogens with one attached hydrogen (secondary N) is 1. The molecule has 1 fully saturated rings. The van der Waals surface area contributed by atoms with Crippen LogP contribution in [-0.4, -0.2) is 43.6 Å². The lowest BCUT2D eigenvalue weighted by molar-refractivity contribution is 0.249. The number of hydrogen-bond donors (Lipinski definition) is 1. The molecule has 0 unspecified atom stereocenters. The van der Waals surface area contributed by atoms with E-state index in [0.717, 1.165) is 75.3 Å². The van der Waals surface area contributed by atoms with Crippen LogP contribution in [0.5, 0.6) is 0 Å². The highest BCUT2D eigenvalue weighted by atomic mass is 32.1. The van der Waals surface area contributed by atoms with E-state index in [-0.39, 0.29) is 5.69 Å². The summed E-state index contributed by atoms with van der Waals surface area (Å²) in [6.45, 7) is 4.93. The molecule has 3 aromatic heterocycles. The van der Waals surface area contributed by atoms with Crippen LogP contribution in [0.1, 0.15) is 35.5 Å². The van der Waals surface area contributed by atoms with E-state index in [1.54, 1.807) is 5.57 Å². The van der Waals surface area contributed by atoms with Crippen molar-refractivity contribution in [3.8, 4) is 0 Å². The third-order valence-corrected chi connectivity index (χ3v) is 7.86. The van der Waals surface area contributed by atoms with Crippen LogP contribution in [-0.2, 0) is 19.5 Å². The van der Waals surface area contributed by atoms with Crippen molar-refractivity contribution in [2.24, 2.45) is 0 Å². The fraction of sp³-hybridized carbons (Fsp3) is 0.360. The lowest BCUT2D eigenvalue weighted by Crippen LogP contribution is -2.33. The molecule has 1 saturated heterocycles. The quantitative estimate of drug-likeness (QED) is 0.514. The molecule has 5 heterocycles. The van der Waals surface area contributed by atoms with Gasteiger partial charge in [-0.05, 0) is 61.4 Å². The number of likely N-dealkylation sites (tertiary alicyclic amines) is 1. The Labute approximate surface area is 190 Å². The molecule has 0 saturated carbocycles. The van der Waals surface area contributed by atoms with Crippen LogP contribution < -0.4 is 5.69 Å². The van der Waals surface area contributed by atoms with E-state index in [2.05, 4.69) is 32.1 Å². The Bertz CT molecular complexity index is 1300. The number of rotatable bonds is 4. The van der Waals surface area contributed by atoms with Crippen molar-refractivity contribution >= 4 is 27.9 Å². The van der Waals surface area contributed by atoms with Gasteiger partial charge in [-0.2, -0.15) is 0 Å². The highest BCUT2D eigenvalue weighted by Crippen LogP contribution is 2.38. The maximum atomic E-state index is 12.3. The minimum Gasteiger partial charge on any atom is -0.331 e. The van der Waals surface area contributed by atoms with Gasteiger partial charge in [0.15, 0.2) is 0 Å². The van der Waals surface area contributed by atoms with Crippen molar-refractivity contribution in [1.29, 1.82) is 0 Å². The normalized spacial score (nSPS) is 16.9. The van der Waals surface area contributed by atoms with Crippen LogP contribution in [0.4, 0.5) is 0 Å². The van der Waals surface area contributed by atoms with E-state index in [1.807, 2.05) is 46.4 Å². The number of benzene rings is 1. The van der Waals surface area contributed by atoms with E-state index >= 15 is 0 Å². The zero-order valence-electron chi connectivity index (χ0n) is 18.1. The molecule has 0 bridgehead atoms. The van der Waals surface area contributed by atoms with Gasteiger partial charge in [-0.25, -0.2) is 9.78 Å². The number of fused-ring (bicyclic) bond motifs is 3. The molecule has 1 N–H and O–H groups in total. The highest BCUT2D eigenvalue weighted by molar-refractivity contribution is 7.11. The van der Waals surface area contributed by atoms with Gasteiger partial charge in [-0.3, -0.25) is 4.57 Å². The standard InChI is InChI=1S/C25H27N5OS/c31-25-27-20-4-1-2-5-21(20)30(25)12-3-11-28-13-6-18(7-14-28)22-23-19(9-17-32-23)8-15-29-16-10-26-24(22)29/h1-2,4-5,9-10,16-17H,3,6-8,11-15H2,(H,27,31). The predicted molar refractivity (Wildman–Crippen MR) is 129 cm³/mol. The Morgan fingerprint density at radius 2 is 1.91 bits per heavy atom. The van der Waals surface area contributed by atoms with Crippen LogP contribution in [0.15, 0.2) is 58.5 Å². The van der Waals surface area contributed by atoms with Crippen molar-refractivity contribution in [3.63, 3.8) is 0 Å². The number of piperidine rings is 1. The predicted octanol–water partition coefficient (Wildman–Crippen LogP) is 4.13. The Hall–Kier alpha value is -2.90. The number of H-pyrrole nitrogens is 1. The van der Waals surface area contributed by atoms with Gasteiger partial charge in [0, 0.05) is 49.0 Å². The molecule has 0 aliphatic carbocycles. The van der Waals surface area contributed by atoms with Gasteiger partial charge in [-0.15, -0.1) is 11.3 Å². The second kappa shape index (κ2) is 8.22. The zero-order chi connectivity index (χ0) is 21.5. The Balaban J connectivity index is 1.15. The molecule has 0 spiro atoms. The molecule has 0 atom stereocenters. The number of nitrogens with zero attached hydrogens (tertiary/aromatic N) is 4. The molecule has 7 heteroatoms. The lowest BCUT2D eigenvalue weighted by atomic mass is 9.95. The van der Waals surface area contributed by atoms with Gasteiger partial charge in [-0.1, -0.05) is 17.7 Å². The number of aromatic amines is 1. The van der Waals surface area contributed by atoms with E-state index < -0.39 is 0 Å². The molecule has 6 nitrogen and oxygen atoms in total. The van der Waals surface area contributed by atoms with Gasteiger partial charge in [0.2, 0.25) is 0 Å². The maximum absolute atomic E-state index is 12.3. The topological polar surface area (TPSA) is 58.9 Å². The largest absolute Gasteiger partial charge is 0.331 e. The third-order valence-electron chi connectivity index (χ3n) is 6.89. The molecule has 164 valence electrons. The first kappa shape index (κ1) is 19.8. The van der Waals surface area contributed by atoms with Gasteiger partial charge >= 0.3 is 5.69 Å². The van der Waals surface area contributed by atoms with Crippen molar-refractivity contribution in [3.05, 3.63) is 80.4 Å². The fourth-order valence-corrected chi connectivity index (χ4v) is 6.25. The molecular weight excluding hydrogens is 418 g/mol. The highest BCUT2D eigenvalue weighted by Gasteiger charge is 2.25. The van der Waals surface area contributed by atoms with E-state index in [4.69, 9.17) is 4.98 Å². The fourth-order valence-electron chi connectivity index (χ4n) is 5.21. The van der Waals surface area contributed by atoms with Crippen LogP contribution in [0.3, 0.4) is 0 Å². The average molecular weight is 446 g/mol. The third kappa shape index (κ3) is 3.45. The van der Waals surface area contributed by atoms with Crippen LogP contribution in [0, 0.1) is 0 Å². The summed E-state index contributed by atoms with van der Waals surface area (Å²) in [5.74, 6) is 1.15. The summed E-state index contributed by atoms with van der Waals surface area (Å²) in [7, 11) is 0. The van der Waals surface area contributed by atoms with Crippen molar-refractivity contribution in [1.82, 2.24) is 24.0 Å². The molecule has 6 rings (SSSR count). The first-order chi connectivity index (χ1) is 15.8.